The summed E-state index contributed by atoms with van der Waals surface area (Å²) in [5.41, 5.74) is -1.47. The van der Waals surface area contributed by atoms with Gasteiger partial charge in [0.05, 0.1) is 16.3 Å². The number of carbonyl (C=O) groups is 1. The average Bonchev–Trinajstić information content (AvgIpc) is 2.19. The summed E-state index contributed by atoms with van der Waals surface area (Å²) >= 11 is 10.8. The van der Waals surface area contributed by atoms with Crippen LogP contribution in [-0.2, 0) is 11.0 Å². The van der Waals surface area contributed by atoms with Gasteiger partial charge in [-0.1, -0.05) is 17.7 Å². The van der Waals surface area contributed by atoms with Gasteiger partial charge in [0.25, 0.3) is 0 Å². The maximum atomic E-state index is 12.5. The maximum Gasteiger partial charge on any atom is 0.418 e. The van der Waals surface area contributed by atoms with Gasteiger partial charge in [0.15, 0.2) is 0 Å². The van der Waals surface area contributed by atoms with Crippen molar-refractivity contribution in [3.8, 4) is 0 Å². The molecule has 88 valence electrons. The SMILES string of the molecule is O=C(CCl)Nc1c(Cl)cccc1C(F)(F)F. The standard InChI is InChI=1S/C9H6Cl2F3NO/c10-4-7(16)15-8-5(9(12,13)14)2-1-3-6(8)11/h1-3H,4H2,(H,15,16). The quantitative estimate of drug-likeness (QED) is 0.820. The number of halogens is 5. The number of hydrogen-bond acceptors (Lipinski definition) is 1. The molecule has 0 aliphatic rings. The summed E-state index contributed by atoms with van der Waals surface area (Å²) in [7, 11) is 0. The van der Waals surface area contributed by atoms with E-state index in [-0.39, 0.29) is 5.02 Å². The van der Waals surface area contributed by atoms with Crippen LogP contribution in [0.1, 0.15) is 5.56 Å². The highest BCUT2D eigenvalue weighted by molar-refractivity contribution is 6.35. The first-order valence-electron chi connectivity index (χ1n) is 4.07. The van der Waals surface area contributed by atoms with E-state index in [0.29, 0.717) is 0 Å². The van der Waals surface area contributed by atoms with Gasteiger partial charge in [-0.05, 0) is 12.1 Å². The Bertz CT molecular complexity index is 406. The van der Waals surface area contributed by atoms with Crippen molar-refractivity contribution in [1.29, 1.82) is 0 Å². The summed E-state index contributed by atoms with van der Waals surface area (Å²) in [4.78, 5) is 10.9. The molecule has 0 fully saturated rings. The van der Waals surface area contributed by atoms with Crippen molar-refractivity contribution >= 4 is 34.8 Å². The Labute approximate surface area is 99.3 Å². The highest BCUT2D eigenvalue weighted by Gasteiger charge is 2.34. The highest BCUT2D eigenvalue weighted by Crippen LogP contribution is 2.38. The number of para-hydroxylation sites is 1. The van der Waals surface area contributed by atoms with E-state index in [9.17, 15) is 18.0 Å². The molecule has 0 aliphatic heterocycles. The van der Waals surface area contributed by atoms with Crippen LogP contribution in [0.3, 0.4) is 0 Å². The highest BCUT2D eigenvalue weighted by atomic mass is 35.5. The molecule has 0 radical (unpaired) electrons. The first kappa shape index (κ1) is 13.1. The van der Waals surface area contributed by atoms with E-state index in [0.717, 1.165) is 12.1 Å². The van der Waals surface area contributed by atoms with Gasteiger partial charge in [0, 0.05) is 0 Å². The lowest BCUT2D eigenvalue weighted by atomic mass is 10.1. The van der Waals surface area contributed by atoms with E-state index >= 15 is 0 Å². The van der Waals surface area contributed by atoms with E-state index in [2.05, 4.69) is 0 Å². The molecule has 7 heteroatoms. The topological polar surface area (TPSA) is 29.1 Å². The molecule has 0 spiro atoms. The molecule has 0 atom stereocenters. The summed E-state index contributed by atoms with van der Waals surface area (Å²) in [5, 5.41) is 1.83. The van der Waals surface area contributed by atoms with Crippen molar-refractivity contribution < 1.29 is 18.0 Å². The number of hydrogen-bond donors (Lipinski definition) is 1. The molecule has 0 unspecified atom stereocenters. The lowest BCUT2D eigenvalue weighted by molar-refractivity contribution is -0.137. The van der Waals surface area contributed by atoms with Crippen molar-refractivity contribution in [2.45, 2.75) is 6.18 Å². The second kappa shape index (κ2) is 4.93. The number of amides is 1. The number of rotatable bonds is 2. The first-order chi connectivity index (χ1) is 7.36. The van der Waals surface area contributed by atoms with Gasteiger partial charge >= 0.3 is 6.18 Å². The Kier molecular flexibility index (Phi) is 4.04. The molecule has 1 rings (SSSR count). The van der Waals surface area contributed by atoms with Crippen LogP contribution in [0.2, 0.25) is 5.02 Å². The van der Waals surface area contributed by atoms with Gasteiger partial charge in [-0.3, -0.25) is 4.79 Å². The summed E-state index contributed by atoms with van der Waals surface area (Å²) in [6.45, 7) is 0. The van der Waals surface area contributed by atoms with E-state index in [4.69, 9.17) is 23.2 Å². The Morgan fingerprint density at radius 2 is 2.00 bits per heavy atom. The minimum atomic E-state index is -4.58. The number of nitrogens with one attached hydrogen (secondary N) is 1. The van der Waals surface area contributed by atoms with Gasteiger partial charge < -0.3 is 5.32 Å². The zero-order chi connectivity index (χ0) is 12.3. The van der Waals surface area contributed by atoms with Crippen LogP contribution in [0.25, 0.3) is 0 Å². The zero-order valence-electron chi connectivity index (χ0n) is 7.74. The molecule has 1 N–H and O–H groups in total. The summed E-state index contributed by atoms with van der Waals surface area (Å²) in [6, 6.07) is 3.23. The van der Waals surface area contributed by atoms with Crippen molar-refractivity contribution in [3.63, 3.8) is 0 Å². The molecule has 16 heavy (non-hydrogen) atoms. The van der Waals surface area contributed by atoms with Crippen LogP contribution >= 0.6 is 23.2 Å². The number of anilines is 1. The molecule has 2 nitrogen and oxygen atoms in total. The van der Waals surface area contributed by atoms with Crippen molar-refractivity contribution in [2.75, 3.05) is 11.2 Å². The van der Waals surface area contributed by atoms with Crippen LogP contribution in [0.15, 0.2) is 18.2 Å². The second-order valence-electron chi connectivity index (χ2n) is 2.84. The normalized spacial score (nSPS) is 11.3. The Morgan fingerprint density at radius 1 is 1.38 bits per heavy atom. The summed E-state index contributed by atoms with van der Waals surface area (Å²) < 4.78 is 37.6. The molecule has 0 aliphatic carbocycles. The van der Waals surface area contributed by atoms with Gasteiger partial charge in [-0.2, -0.15) is 13.2 Å². The zero-order valence-corrected chi connectivity index (χ0v) is 9.25. The smallest absolute Gasteiger partial charge is 0.323 e. The molecule has 0 aromatic heterocycles. The molecule has 0 heterocycles. The van der Waals surface area contributed by atoms with E-state index in [1.807, 2.05) is 5.32 Å². The minimum Gasteiger partial charge on any atom is -0.323 e. The molecule has 0 bridgehead atoms. The molecule has 1 aromatic rings. The molecule has 0 saturated heterocycles. The number of carbonyl (C=O) groups excluding carboxylic acids is 1. The van der Waals surface area contributed by atoms with Gasteiger partial charge in [-0.25, -0.2) is 0 Å². The third-order valence-corrected chi connectivity index (χ3v) is 2.26. The largest absolute Gasteiger partial charge is 0.418 e. The molecular formula is C9H6Cl2F3NO. The second-order valence-corrected chi connectivity index (χ2v) is 3.52. The third-order valence-electron chi connectivity index (χ3n) is 1.70. The van der Waals surface area contributed by atoms with Crippen molar-refractivity contribution in [3.05, 3.63) is 28.8 Å². The molecule has 1 amide bonds. The Hall–Kier alpha value is -0.940. The molecule has 1 aromatic carbocycles. The fraction of sp³-hybridized carbons (Fsp3) is 0.222. The van der Waals surface area contributed by atoms with E-state index in [1.165, 1.54) is 6.07 Å². The number of benzene rings is 1. The summed E-state index contributed by atoms with van der Waals surface area (Å²) in [5.74, 6) is -1.19. The number of alkyl halides is 4. The van der Waals surface area contributed by atoms with E-state index in [1.54, 1.807) is 0 Å². The van der Waals surface area contributed by atoms with Crippen LogP contribution in [0, 0.1) is 0 Å². The van der Waals surface area contributed by atoms with Crippen LogP contribution in [-0.4, -0.2) is 11.8 Å². The van der Waals surface area contributed by atoms with Crippen LogP contribution < -0.4 is 5.32 Å². The van der Waals surface area contributed by atoms with Crippen molar-refractivity contribution in [2.24, 2.45) is 0 Å². The average molecular weight is 272 g/mol. The lowest BCUT2D eigenvalue weighted by Crippen LogP contribution is -2.17. The van der Waals surface area contributed by atoms with Crippen LogP contribution in [0.4, 0.5) is 18.9 Å². The lowest BCUT2D eigenvalue weighted by Gasteiger charge is -2.14. The molecule has 0 saturated carbocycles. The predicted molar refractivity (Wildman–Crippen MR) is 55.8 cm³/mol. The van der Waals surface area contributed by atoms with Gasteiger partial charge in [0.2, 0.25) is 5.91 Å². The monoisotopic (exact) mass is 271 g/mol. The van der Waals surface area contributed by atoms with E-state index < -0.39 is 29.2 Å². The minimum absolute atomic E-state index is 0.187. The van der Waals surface area contributed by atoms with Crippen LogP contribution in [0.5, 0.6) is 0 Å². The van der Waals surface area contributed by atoms with Gasteiger partial charge in [0.1, 0.15) is 5.88 Å². The fourth-order valence-electron chi connectivity index (χ4n) is 1.06. The van der Waals surface area contributed by atoms with Gasteiger partial charge in [-0.15, -0.1) is 11.6 Å². The maximum absolute atomic E-state index is 12.5. The Morgan fingerprint density at radius 3 is 2.50 bits per heavy atom. The predicted octanol–water partition coefficient (Wildman–Crippen LogP) is 3.54. The molecular weight excluding hydrogens is 266 g/mol. The summed E-state index contributed by atoms with van der Waals surface area (Å²) in [6.07, 6.45) is -4.58. The Balaban J connectivity index is 3.19. The van der Waals surface area contributed by atoms with Crippen molar-refractivity contribution in [1.82, 2.24) is 0 Å². The fourth-order valence-corrected chi connectivity index (χ4v) is 1.35. The first-order valence-corrected chi connectivity index (χ1v) is 4.99. The third kappa shape index (κ3) is 3.02.